The number of rotatable bonds is 3. The predicted molar refractivity (Wildman–Crippen MR) is 87.8 cm³/mol. The SMILES string of the molecule is Cc1cc([C@@]2(C)NC(=O)N(CC(=O)N3CCO[C@H](C)C3)C2=O)c(C)o1. The summed E-state index contributed by atoms with van der Waals surface area (Å²) < 4.78 is 10.9. The summed E-state index contributed by atoms with van der Waals surface area (Å²) in [5, 5.41) is 2.70. The van der Waals surface area contributed by atoms with E-state index in [0.29, 0.717) is 36.8 Å². The monoisotopic (exact) mass is 349 g/mol. The molecule has 25 heavy (non-hydrogen) atoms. The Kier molecular flexibility index (Phi) is 4.32. The molecule has 4 amide bonds. The van der Waals surface area contributed by atoms with Gasteiger partial charge in [0, 0.05) is 18.7 Å². The van der Waals surface area contributed by atoms with E-state index in [2.05, 4.69) is 5.32 Å². The molecule has 8 heteroatoms. The highest BCUT2D eigenvalue weighted by Gasteiger charge is 2.51. The maximum absolute atomic E-state index is 12.9. The molecule has 2 atom stereocenters. The van der Waals surface area contributed by atoms with Crippen LogP contribution in [0.1, 0.15) is 30.9 Å². The van der Waals surface area contributed by atoms with E-state index in [4.69, 9.17) is 9.15 Å². The van der Waals surface area contributed by atoms with Crippen molar-refractivity contribution < 1.29 is 23.5 Å². The van der Waals surface area contributed by atoms with E-state index < -0.39 is 17.5 Å². The number of ether oxygens (including phenoxy) is 1. The summed E-state index contributed by atoms with van der Waals surface area (Å²) in [5.41, 5.74) is -0.615. The van der Waals surface area contributed by atoms with Crippen LogP contribution in [0.3, 0.4) is 0 Å². The third-order valence-electron chi connectivity index (χ3n) is 4.74. The van der Waals surface area contributed by atoms with Crippen LogP contribution in [0.25, 0.3) is 0 Å². The fourth-order valence-corrected chi connectivity index (χ4v) is 3.43. The number of imide groups is 1. The number of hydrogen-bond acceptors (Lipinski definition) is 5. The van der Waals surface area contributed by atoms with Crippen molar-refractivity contribution in [3.05, 3.63) is 23.2 Å². The van der Waals surface area contributed by atoms with E-state index in [-0.39, 0.29) is 18.6 Å². The van der Waals surface area contributed by atoms with Crippen molar-refractivity contribution in [1.82, 2.24) is 15.1 Å². The van der Waals surface area contributed by atoms with Crippen LogP contribution in [0.15, 0.2) is 10.5 Å². The van der Waals surface area contributed by atoms with Crippen LogP contribution in [0.4, 0.5) is 4.79 Å². The minimum absolute atomic E-state index is 0.0531. The molecule has 0 unspecified atom stereocenters. The number of furan rings is 1. The Labute approximate surface area is 146 Å². The summed E-state index contributed by atoms with van der Waals surface area (Å²) in [7, 11) is 0. The normalized spacial score (nSPS) is 27.0. The Morgan fingerprint density at radius 1 is 1.40 bits per heavy atom. The minimum atomic E-state index is -1.22. The second-order valence-corrected chi connectivity index (χ2v) is 6.79. The maximum atomic E-state index is 12.9. The predicted octanol–water partition coefficient (Wildman–Crippen LogP) is 0.911. The van der Waals surface area contributed by atoms with Crippen LogP contribution in [-0.2, 0) is 19.9 Å². The van der Waals surface area contributed by atoms with Gasteiger partial charge in [-0.05, 0) is 33.8 Å². The summed E-state index contributed by atoms with van der Waals surface area (Å²) in [6.07, 6.45) is -0.0531. The minimum Gasteiger partial charge on any atom is -0.466 e. The zero-order chi connectivity index (χ0) is 18.4. The lowest BCUT2D eigenvalue weighted by molar-refractivity contribution is -0.143. The van der Waals surface area contributed by atoms with E-state index in [1.54, 1.807) is 31.7 Å². The van der Waals surface area contributed by atoms with Gasteiger partial charge in [0.1, 0.15) is 23.6 Å². The molecule has 2 aliphatic rings. The summed E-state index contributed by atoms with van der Waals surface area (Å²) in [4.78, 5) is 40.3. The highest BCUT2D eigenvalue weighted by Crippen LogP contribution is 2.32. The maximum Gasteiger partial charge on any atom is 0.325 e. The van der Waals surface area contributed by atoms with Gasteiger partial charge in [0.15, 0.2) is 0 Å². The van der Waals surface area contributed by atoms with Gasteiger partial charge in [0.05, 0.1) is 12.7 Å². The van der Waals surface area contributed by atoms with Crippen LogP contribution in [0, 0.1) is 13.8 Å². The van der Waals surface area contributed by atoms with Gasteiger partial charge in [-0.15, -0.1) is 0 Å². The lowest BCUT2D eigenvalue weighted by Crippen LogP contribution is -2.49. The van der Waals surface area contributed by atoms with E-state index in [9.17, 15) is 14.4 Å². The Morgan fingerprint density at radius 3 is 2.72 bits per heavy atom. The average molecular weight is 349 g/mol. The van der Waals surface area contributed by atoms with Crippen molar-refractivity contribution in [3.8, 4) is 0 Å². The van der Waals surface area contributed by atoms with Gasteiger partial charge in [0.25, 0.3) is 5.91 Å². The molecule has 136 valence electrons. The number of carbonyl (C=O) groups is 3. The third-order valence-corrected chi connectivity index (χ3v) is 4.74. The van der Waals surface area contributed by atoms with Crippen LogP contribution in [0.2, 0.25) is 0 Å². The summed E-state index contributed by atoms with van der Waals surface area (Å²) >= 11 is 0. The first-order chi connectivity index (χ1) is 11.7. The van der Waals surface area contributed by atoms with Crippen molar-refractivity contribution in [2.24, 2.45) is 0 Å². The van der Waals surface area contributed by atoms with Crippen molar-refractivity contribution in [2.45, 2.75) is 39.3 Å². The van der Waals surface area contributed by atoms with Gasteiger partial charge in [-0.25, -0.2) is 4.79 Å². The first-order valence-corrected chi connectivity index (χ1v) is 8.33. The molecule has 0 aliphatic carbocycles. The van der Waals surface area contributed by atoms with Crippen LogP contribution in [0.5, 0.6) is 0 Å². The van der Waals surface area contributed by atoms with Crippen molar-refractivity contribution >= 4 is 17.8 Å². The molecule has 1 aromatic rings. The van der Waals surface area contributed by atoms with Crippen molar-refractivity contribution in [3.63, 3.8) is 0 Å². The molecule has 0 spiro atoms. The average Bonchev–Trinajstić information content (AvgIpc) is 2.99. The third kappa shape index (κ3) is 3.02. The van der Waals surface area contributed by atoms with Gasteiger partial charge >= 0.3 is 6.03 Å². The molecule has 8 nitrogen and oxygen atoms in total. The van der Waals surface area contributed by atoms with E-state index in [0.717, 1.165) is 4.90 Å². The molecule has 0 radical (unpaired) electrons. The smallest absolute Gasteiger partial charge is 0.325 e. The molecule has 3 heterocycles. The number of hydrogen-bond donors (Lipinski definition) is 1. The number of nitrogens with zero attached hydrogens (tertiary/aromatic N) is 2. The first kappa shape index (κ1) is 17.5. The van der Waals surface area contributed by atoms with Crippen molar-refractivity contribution in [2.75, 3.05) is 26.2 Å². The lowest BCUT2D eigenvalue weighted by Gasteiger charge is -2.32. The molecule has 2 fully saturated rings. The highest BCUT2D eigenvalue weighted by atomic mass is 16.5. The molecule has 3 rings (SSSR count). The largest absolute Gasteiger partial charge is 0.466 e. The number of nitrogens with one attached hydrogen (secondary N) is 1. The van der Waals surface area contributed by atoms with Gasteiger partial charge in [-0.1, -0.05) is 0 Å². The number of amides is 4. The second kappa shape index (κ2) is 6.18. The second-order valence-electron chi connectivity index (χ2n) is 6.79. The quantitative estimate of drug-likeness (QED) is 0.819. The number of urea groups is 1. The van der Waals surface area contributed by atoms with E-state index >= 15 is 0 Å². The molecular weight excluding hydrogens is 326 g/mol. The molecule has 0 aromatic carbocycles. The van der Waals surface area contributed by atoms with Crippen LogP contribution < -0.4 is 5.32 Å². The zero-order valence-electron chi connectivity index (χ0n) is 14.9. The molecule has 0 saturated carbocycles. The number of carbonyl (C=O) groups excluding carboxylic acids is 3. The lowest BCUT2D eigenvalue weighted by atomic mass is 9.92. The Hall–Kier alpha value is -2.35. The molecule has 2 saturated heterocycles. The van der Waals surface area contributed by atoms with Gasteiger partial charge in [0.2, 0.25) is 5.91 Å². The summed E-state index contributed by atoms with van der Waals surface area (Å²) in [5.74, 6) is 0.524. The standard InChI is InChI=1S/C17H23N3O5/c1-10-7-13(12(3)25-10)17(4)15(22)20(16(23)18-17)9-14(21)19-5-6-24-11(2)8-19/h7,11H,5-6,8-9H2,1-4H3,(H,18,23)/t11-,17-/m1/s1. The molecule has 1 aromatic heterocycles. The topological polar surface area (TPSA) is 92.1 Å². The molecule has 2 aliphatic heterocycles. The number of morpholine rings is 1. The Bertz CT molecular complexity index is 728. The van der Waals surface area contributed by atoms with E-state index in [1.807, 2.05) is 6.92 Å². The van der Waals surface area contributed by atoms with Crippen LogP contribution >= 0.6 is 0 Å². The summed E-state index contributed by atoms with van der Waals surface area (Å²) in [6.45, 7) is 8.14. The fraction of sp³-hybridized carbons (Fsp3) is 0.588. The van der Waals surface area contributed by atoms with Gasteiger partial charge < -0.3 is 19.4 Å². The summed E-state index contributed by atoms with van der Waals surface area (Å²) in [6, 6.07) is 1.17. The van der Waals surface area contributed by atoms with E-state index in [1.165, 1.54) is 0 Å². The molecule has 0 bridgehead atoms. The molecule has 1 N–H and O–H groups in total. The van der Waals surface area contributed by atoms with Gasteiger partial charge in [-0.2, -0.15) is 0 Å². The molecular formula is C17H23N3O5. The van der Waals surface area contributed by atoms with Crippen LogP contribution in [-0.4, -0.2) is 60.0 Å². The highest BCUT2D eigenvalue weighted by molar-refractivity contribution is 6.09. The Morgan fingerprint density at radius 2 is 2.12 bits per heavy atom. The zero-order valence-corrected chi connectivity index (χ0v) is 14.9. The Balaban J connectivity index is 1.77. The number of aryl methyl sites for hydroxylation is 2. The fourth-order valence-electron chi connectivity index (χ4n) is 3.43. The van der Waals surface area contributed by atoms with Crippen molar-refractivity contribution in [1.29, 1.82) is 0 Å². The first-order valence-electron chi connectivity index (χ1n) is 8.33. The van der Waals surface area contributed by atoms with Gasteiger partial charge in [-0.3, -0.25) is 14.5 Å².